The van der Waals surface area contributed by atoms with E-state index < -0.39 is 0 Å². The Morgan fingerprint density at radius 3 is 2.70 bits per heavy atom. The third-order valence-corrected chi connectivity index (χ3v) is 3.33. The zero-order chi connectivity index (χ0) is 14.7. The summed E-state index contributed by atoms with van der Waals surface area (Å²) in [7, 11) is 0. The van der Waals surface area contributed by atoms with Crippen LogP contribution in [0.2, 0.25) is 0 Å². The van der Waals surface area contributed by atoms with Crippen LogP contribution in [0.25, 0.3) is 10.8 Å². The zero-order valence-electron chi connectivity index (χ0n) is 11.6. The van der Waals surface area contributed by atoms with Crippen molar-refractivity contribution in [3.63, 3.8) is 0 Å². The molecule has 0 atom stereocenters. The summed E-state index contributed by atoms with van der Waals surface area (Å²) in [4.78, 5) is 13.8. The van der Waals surface area contributed by atoms with Crippen molar-refractivity contribution < 1.29 is 9.90 Å². The second kappa shape index (κ2) is 6.14. The Bertz CT molecular complexity index is 625. The van der Waals surface area contributed by atoms with Gasteiger partial charge in [-0.15, -0.1) is 11.6 Å². The van der Waals surface area contributed by atoms with Gasteiger partial charge >= 0.3 is 0 Å². The van der Waals surface area contributed by atoms with Gasteiger partial charge in [-0.25, -0.2) is 0 Å². The molecule has 20 heavy (non-hydrogen) atoms. The van der Waals surface area contributed by atoms with Gasteiger partial charge in [0.05, 0.1) is 5.69 Å². The second-order valence-corrected chi connectivity index (χ2v) is 5.48. The number of alkyl halides is 1. The molecule has 0 heterocycles. The summed E-state index contributed by atoms with van der Waals surface area (Å²) in [5.41, 5.74) is 0.790. The summed E-state index contributed by atoms with van der Waals surface area (Å²) >= 11 is 5.72. The van der Waals surface area contributed by atoms with Gasteiger partial charge in [0.15, 0.2) is 0 Å². The molecule has 2 aromatic carbocycles. The molecular formula is C16H18ClNO2. The fourth-order valence-corrected chi connectivity index (χ4v) is 2.40. The lowest BCUT2D eigenvalue weighted by atomic mass is 10.1. The quantitative estimate of drug-likeness (QED) is 0.871. The smallest absolute Gasteiger partial charge is 0.241 e. The Labute approximate surface area is 123 Å². The van der Waals surface area contributed by atoms with Crippen molar-refractivity contribution in [1.29, 1.82) is 0 Å². The average molecular weight is 292 g/mol. The van der Waals surface area contributed by atoms with Crippen LogP contribution in [0, 0.1) is 5.92 Å². The monoisotopic (exact) mass is 291 g/mol. The van der Waals surface area contributed by atoms with Crippen molar-refractivity contribution in [2.75, 3.05) is 17.3 Å². The molecule has 3 nitrogen and oxygen atoms in total. The summed E-state index contributed by atoms with van der Waals surface area (Å²) in [5.74, 6) is 0.334. The molecule has 2 rings (SSSR count). The zero-order valence-corrected chi connectivity index (χ0v) is 12.4. The number of carbonyl (C=O) groups is 1. The number of hydrogen-bond donors (Lipinski definition) is 1. The van der Waals surface area contributed by atoms with Crippen LogP contribution in [0.3, 0.4) is 0 Å². The van der Waals surface area contributed by atoms with Crippen LogP contribution >= 0.6 is 11.6 Å². The van der Waals surface area contributed by atoms with Gasteiger partial charge in [-0.05, 0) is 29.5 Å². The summed E-state index contributed by atoms with van der Waals surface area (Å²) in [6, 6.07) is 10.9. The molecule has 0 aromatic heterocycles. The number of fused-ring (bicyclic) bond motifs is 1. The van der Waals surface area contributed by atoms with E-state index in [0.717, 1.165) is 16.5 Å². The molecule has 106 valence electrons. The standard InChI is InChI=1S/C16H18ClNO2/c1-11(2)10-18(16(20)9-17)15-5-3-4-12-6-7-13(19)8-14(12)15/h3-8,11,19H,9-10H2,1-2H3. The van der Waals surface area contributed by atoms with Crippen molar-refractivity contribution in [3.8, 4) is 5.75 Å². The molecule has 0 fully saturated rings. The topological polar surface area (TPSA) is 40.5 Å². The maximum atomic E-state index is 12.1. The highest BCUT2D eigenvalue weighted by atomic mass is 35.5. The van der Waals surface area contributed by atoms with E-state index in [4.69, 9.17) is 11.6 Å². The van der Waals surface area contributed by atoms with E-state index in [0.29, 0.717) is 12.5 Å². The highest BCUT2D eigenvalue weighted by Crippen LogP contribution is 2.30. The van der Waals surface area contributed by atoms with E-state index in [1.54, 1.807) is 17.0 Å². The number of hydrogen-bond acceptors (Lipinski definition) is 2. The van der Waals surface area contributed by atoms with Gasteiger partial charge < -0.3 is 10.0 Å². The first kappa shape index (κ1) is 14.7. The Morgan fingerprint density at radius 1 is 1.30 bits per heavy atom. The van der Waals surface area contributed by atoms with Gasteiger partial charge in [0.1, 0.15) is 11.6 Å². The first-order valence-corrected chi connectivity index (χ1v) is 7.14. The van der Waals surface area contributed by atoms with Crippen LogP contribution in [0.4, 0.5) is 5.69 Å². The fourth-order valence-electron chi connectivity index (χ4n) is 2.25. The second-order valence-electron chi connectivity index (χ2n) is 5.21. The SMILES string of the molecule is CC(C)CN(C(=O)CCl)c1cccc2ccc(O)cc12. The number of halogens is 1. The Balaban J connectivity index is 2.57. The molecule has 0 aliphatic heterocycles. The van der Waals surface area contributed by atoms with Gasteiger partial charge in [0.25, 0.3) is 0 Å². The van der Waals surface area contributed by atoms with Crippen molar-refractivity contribution in [3.05, 3.63) is 36.4 Å². The molecule has 2 aromatic rings. The lowest BCUT2D eigenvalue weighted by Crippen LogP contribution is -2.35. The number of aromatic hydroxyl groups is 1. The van der Waals surface area contributed by atoms with E-state index in [1.165, 1.54) is 0 Å². The predicted molar refractivity (Wildman–Crippen MR) is 83.5 cm³/mol. The van der Waals surface area contributed by atoms with Crippen LogP contribution in [0.1, 0.15) is 13.8 Å². The number of phenols is 1. The minimum atomic E-state index is -0.129. The molecule has 0 saturated heterocycles. The lowest BCUT2D eigenvalue weighted by molar-refractivity contribution is -0.116. The van der Waals surface area contributed by atoms with Crippen LogP contribution in [0.15, 0.2) is 36.4 Å². The van der Waals surface area contributed by atoms with Gasteiger partial charge in [0.2, 0.25) is 5.91 Å². The number of nitrogens with zero attached hydrogens (tertiary/aromatic N) is 1. The predicted octanol–water partition coefficient (Wildman–Crippen LogP) is 3.77. The van der Waals surface area contributed by atoms with Crippen molar-refractivity contribution >= 4 is 34.0 Å². The van der Waals surface area contributed by atoms with E-state index >= 15 is 0 Å². The molecular weight excluding hydrogens is 274 g/mol. The normalized spacial score (nSPS) is 11.0. The van der Waals surface area contributed by atoms with E-state index in [-0.39, 0.29) is 17.5 Å². The minimum Gasteiger partial charge on any atom is -0.508 e. The first-order chi connectivity index (χ1) is 9.52. The number of benzene rings is 2. The first-order valence-electron chi connectivity index (χ1n) is 6.61. The molecule has 0 aliphatic rings. The highest BCUT2D eigenvalue weighted by molar-refractivity contribution is 6.29. The largest absolute Gasteiger partial charge is 0.508 e. The van der Waals surface area contributed by atoms with Crippen LogP contribution < -0.4 is 4.90 Å². The van der Waals surface area contributed by atoms with Gasteiger partial charge in [-0.3, -0.25) is 4.79 Å². The molecule has 1 N–H and O–H groups in total. The molecule has 4 heteroatoms. The number of phenolic OH excluding ortho intramolecular Hbond substituents is 1. The number of anilines is 1. The number of carbonyl (C=O) groups excluding carboxylic acids is 1. The Hall–Kier alpha value is -1.74. The van der Waals surface area contributed by atoms with Gasteiger partial charge in [-0.2, -0.15) is 0 Å². The van der Waals surface area contributed by atoms with Crippen molar-refractivity contribution in [1.82, 2.24) is 0 Å². The Morgan fingerprint density at radius 2 is 2.05 bits per heavy atom. The summed E-state index contributed by atoms with van der Waals surface area (Å²) < 4.78 is 0. The third kappa shape index (κ3) is 3.05. The molecule has 1 amide bonds. The van der Waals surface area contributed by atoms with Gasteiger partial charge in [-0.1, -0.05) is 32.0 Å². The third-order valence-electron chi connectivity index (χ3n) is 3.10. The van der Waals surface area contributed by atoms with E-state index in [2.05, 4.69) is 13.8 Å². The van der Waals surface area contributed by atoms with Crippen LogP contribution in [0.5, 0.6) is 5.75 Å². The molecule has 0 radical (unpaired) electrons. The molecule has 0 bridgehead atoms. The minimum absolute atomic E-state index is 0.0536. The van der Waals surface area contributed by atoms with E-state index in [1.807, 2.05) is 24.3 Å². The Kier molecular flexibility index (Phi) is 4.50. The maximum Gasteiger partial charge on any atom is 0.241 e. The van der Waals surface area contributed by atoms with Crippen LogP contribution in [-0.4, -0.2) is 23.4 Å². The molecule has 0 aliphatic carbocycles. The van der Waals surface area contributed by atoms with Gasteiger partial charge in [0, 0.05) is 11.9 Å². The maximum absolute atomic E-state index is 12.1. The number of rotatable bonds is 4. The fraction of sp³-hybridized carbons (Fsp3) is 0.312. The summed E-state index contributed by atoms with van der Waals surface area (Å²) in [6.45, 7) is 4.70. The molecule has 0 spiro atoms. The number of amides is 1. The van der Waals surface area contributed by atoms with E-state index in [9.17, 15) is 9.90 Å². The summed E-state index contributed by atoms with van der Waals surface area (Å²) in [5, 5.41) is 11.5. The molecule has 0 saturated carbocycles. The highest BCUT2D eigenvalue weighted by Gasteiger charge is 2.18. The van der Waals surface area contributed by atoms with Crippen LogP contribution in [-0.2, 0) is 4.79 Å². The summed E-state index contributed by atoms with van der Waals surface area (Å²) in [6.07, 6.45) is 0. The lowest BCUT2D eigenvalue weighted by Gasteiger charge is -2.25. The van der Waals surface area contributed by atoms with Crippen molar-refractivity contribution in [2.45, 2.75) is 13.8 Å². The molecule has 0 unspecified atom stereocenters. The van der Waals surface area contributed by atoms with Crippen molar-refractivity contribution in [2.24, 2.45) is 5.92 Å². The average Bonchev–Trinajstić information content (AvgIpc) is 2.43.